The number of rotatable bonds is 5. The number of hydrogen-bond acceptors (Lipinski definition) is 5. The van der Waals surface area contributed by atoms with Crippen molar-refractivity contribution in [2.45, 2.75) is 0 Å². The highest BCUT2D eigenvalue weighted by Crippen LogP contribution is 2.16. The summed E-state index contributed by atoms with van der Waals surface area (Å²) in [4.78, 5) is 0. The number of anilines is 1. The molecule has 17 heavy (non-hydrogen) atoms. The number of benzene rings is 1. The van der Waals surface area contributed by atoms with Crippen LogP contribution in [0.2, 0.25) is 0 Å². The van der Waals surface area contributed by atoms with Gasteiger partial charge in [0.1, 0.15) is 11.8 Å². The summed E-state index contributed by atoms with van der Waals surface area (Å²) in [6.45, 7) is -0.0699. The molecule has 6 nitrogen and oxygen atoms in total. The van der Waals surface area contributed by atoms with Gasteiger partial charge in [0.05, 0.1) is 6.07 Å². The molecule has 0 fully saturated rings. The maximum atomic E-state index is 11.2. The number of nitrogens with zero attached hydrogens (tertiary/aromatic N) is 2. The maximum Gasteiger partial charge on any atom is 0.246 e. The molecule has 0 saturated carbocycles. The molecule has 0 aromatic heterocycles. The van der Waals surface area contributed by atoms with Crippen LogP contribution >= 0.6 is 0 Å². The van der Waals surface area contributed by atoms with Crippen LogP contribution in [0.1, 0.15) is 0 Å². The number of nitriles is 2. The van der Waals surface area contributed by atoms with Crippen LogP contribution in [0, 0.1) is 22.7 Å². The second-order valence-corrected chi connectivity index (χ2v) is 4.71. The van der Waals surface area contributed by atoms with Crippen molar-refractivity contribution in [2.24, 2.45) is 0 Å². The molecule has 0 heterocycles. The molecule has 7 heteroatoms. The second-order valence-electron chi connectivity index (χ2n) is 2.99. The number of ether oxygens (including phenoxy) is 1. The van der Waals surface area contributed by atoms with Crippen molar-refractivity contribution in [3.8, 4) is 17.9 Å². The summed E-state index contributed by atoms with van der Waals surface area (Å²) in [6.07, 6.45) is 0. The van der Waals surface area contributed by atoms with Gasteiger partial charge in [-0.05, 0) is 24.3 Å². The molecule has 1 aromatic carbocycles. The second kappa shape index (κ2) is 5.73. The minimum Gasteiger partial charge on any atom is -0.479 e. The minimum atomic E-state index is -3.62. The van der Waals surface area contributed by atoms with Gasteiger partial charge in [-0.3, -0.25) is 4.72 Å². The highest BCUT2D eigenvalue weighted by Gasteiger charge is 2.08. The van der Waals surface area contributed by atoms with Crippen LogP contribution in [0.5, 0.6) is 5.75 Å². The Kier molecular flexibility index (Phi) is 4.32. The highest BCUT2D eigenvalue weighted by molar-refractivity contribution is 7.92. The van der Waals surface area contributed by atoms with Gasteiger partial charge < -0.3 is 4.74 Å². The molecule has 0 spiro atoms. The van der Waals surface area contributed by atoms with Crippen molar-refractivity contribution >= 4 is 15.7 Å². The third-order valence-corrected chi connectivity index (χ3v) is 2.74. The van der Waals surface area contributed by atoms with E-state index in [4.69, 9.17) is 15.3 Å². The van der Waals surface area contributed by atoms with E-state index in [1.54, 1.807) is 6.07 Å². The van der Waals surface area contributed by atoms with Crippen LogP contribution in [-0.2, 0) is 10.0 Å². The molecule has 0 aliphatic rings. The van der Waals surface area contributed by atoms with E-state index in [0.717, 1.165) is 0 Å². The molecule has 0 saturated heterocycles. The van der Waals surface area contributed by atoms with Crippen molar-refractivity contribution in [1.29, 1.82) is 10.5 Å². The first-order chi connectivity index (χ1) is 8.07. The van der Waals surface area contributed by atoms with Crippen LogP contribution in [-0.4, -0.2) is 20.8 Å². The summed E-state index contributed by atoms with van der Waals surface area (Å²) >= 11 is 0. The quantitative estimate of drug-likeness (QED) is 0.835. The van der Waals surface area contributed by atoms with Crippen molar-refractivity contribution in [1.82, 2.24) is 0 Å². The zero-order valence-corrected chi connectivity index (χ0v) is 9.57. The summed E-state index contributed by atoms with van der Waals surface area (Å²) in [5.41, 5.74) is 0.338. The molecule has 88 valence electrons. The van der Waals surface area contributed by atoms with Gasteiger partial charge in [-0.1, -0.05) is 0 Å². The lowest BCUT2D eigenvalue weighted by Crippen LogP contribution is -2.15. The monoisotopic (exact) mass is 251 g/mol. The average molecular weight is 251 g/mol. The van der Waals surface area contributed by atoms with Gasteiger partial charge in [-0.25, -0.2) is 8.42 Å². The van der Waals surface area contributed by atoms with Crippen molar-refractivity contribution in [2.75, 3.05) is 17.1 Å². The standard InChI is InChI=1S/C10H9N3O3S/c11-5-7-16-10-3-1-9(2-4-10)13-17(14,15)8-6-12/h1-4,13H,7-8H2. The molecule has 1 rings (SSSR count). The predicted octanol–water partition coefficient (Wildman–Crippen LogP) is 0.854. The Morgan fingerprint density at radius 3 is 2.35 bits per heavy atom. The first-order valence-electron chi connectivity index (χ1n) is 4.54. The van der Waals surface area contributed by atoms with Crippen LogP contribution in [0.25, 0.3) is 0 Å². The van der Waals surface area contributed by atoms with Crippen molar-refractivity contribution in [3.63, 3.8) is 0 Å². The van der Waals surface area contributed by atoms with E-state index in [0.29, 0.717) is 11.4 Å². The van der Waals surface area contributed by atoms with Crippen LogP contribution in [0.3, 0.4) is 0 Å². The van der Waals surface area contributed by atoms with Crippen molar-refractivity contribution < 1.29 is 13.2 Å². The smallest absolute Gasteiger partial charge is 0.246 e. The highest BCUT2D eigenvalue weighted by atomic mass is 32.2. The largest absolute Gasteiger partial charge is 0.479 e. The first kappa shape index (κ1) is 12.8. The number of hydrogen-bond donors (Lipinski definition) is 1. The molecule has 1 aromatic rings. The van der Waals surface area contributed by atoms with Gasteiger partial charge in [-0.15, -0.1) is 0 Å². The van der Waals surface area contributed by atoms with Gasteiger partial charge in [0.25, 0.3) is 0 Å². The van der Waals surface area contributed by atoms with E-state index >= 15 is 0 Å². The Bertz CT molecular complexity index is 552. The molecule has 1 N–H and O–H groups in total. The third-order valence-electron chi connectivity index (χ3n) is 1.69. The fourth-order valence-corrected chi connectivity index (χ4v) is 1.77. The Labute approximate surface area is 99.1 Å². The Balaban J connectivity index is 2.70. The Morgan fingerprint density at radius 2 is 1.82 bits per heavy atom. The SMILES string of the molecule is N#CCOc1ccc(NS(=O)(=O)CC#N)cc1. The Morgan fingerprint density at radius 1 is 1.18 bits per heavy atom. The molecule has 0 radical (unpaired) electrons. The number of nitrogens with one attached hydrogen (secondary N) is 1. The summed E-state index contributed by atoms with van der Waals surface area (Å²) in [7, 11) is -3.62. The van der Waals surface area contributed by atoms with Gasteiger partial charge in [0.15, 0.2) is 12.4 Å². The van der Waals surface area contributed by atoms with Crippen LogP contribution in [0.4, 0.5) is 5.69 Å². The van der Waals surface area contributed by atoms with Gasteiger partial charge in [0.2, 0.25) is 10.0 Å². The van der Waals surface area contributed by atoms with E-state index < -0.39 is 15.8 Å². The zero-order chi connectivity index (χ0) is 12.7. The third kappa shape index (κ3) is 4.41. The fraction of sp³-hybridized carbons (Fsp3) is 0.200. The summed E-state index contributed by atoms with van der Waals surface area (Å²) < 4.78 is 29.7. The molecular formula is C10H9N3O3S. The molecule has 0 unspecified atom stereocenters. The minimum absolute atomic E-state index is 0.0699. The van der Waals surface area contributed by atoms with Crippen LogP contribution in [0.15, 0.2) is 24.3 Å². The van der Waals surface area contributed by atoms with E-state index in [1.807, 2.05) is 6.07 Å². The molecular weight excluding hydrogens is 242 g/mol. The topological polar surface area (TPSA) is 103 Å². The molecule has 0 amide bonds. The molecule has 0 aliphatic heterocycles. The number of sulfonamides is 1. The van der Waals surface area contributed by atoms with E-state index in [1.165, 1.54) is 24.3 Å². The van der Waals surface area contributed by atoms with Gasteiger partial charge in [0, 0.05) is 5.69 Å². The molecule has 0 aliphatic carbocycles. The van der Waals surface area contributed by atoms with E-state index in [9.17, 15) is 8.42 Å². The zero-order valence-electron chi connectivity index (χ0n) is 8.75. The van der Waals surface area contributed by atoms with E-state index in [2.05, 4.69) is 4.72 Å². The molecule has 0 atom stereocenters. The predicted molar refractivity (Wildman–Crippen MR) is 60.6 cm³/mol. The summed E-state index contributed by atoms with van der Waals surface area (Å²) in [6, 6.07) is 9.41. The maximum absolute atomic E-state index is 11.2. The lowest BCUT2D eigenvalue weighted by Gasteiger charge is -2.06. The lowest BCUT2D eigenvalue weighted by atomic mass is 10.3. The van der Waals surface area contributed by atoms with Crippen LogP contribution < -0.4 is 9.46 Å². The lowest BCUT2D eigenvalue weighted by molar-refractivity contribution is 0.368. The fourth-order valence-electron chi connectivity index (χ4n) is 1.04. The Hall–Kier alpha value is -2.25. The molecule has 0 bridgehead atoms. The summed E-state index contributed by atoms with van der Waals surface area (Å²) in [5, 5.41) is 16.6. The van der Waals surface area contributed by atoms with Gasteiger partial charge >= 0.3 is 0 Å². The van der Waals surface area contributed by atoms with Gasteiger partial charge in [-0.2, -0.15) is 10.5 Å². The van der Waals surface area contributed by atoms with Crippen molar-refractivity contribution in [3.05, 3.63) is 24.3 Å². The average Bonchev–Trinajstić information content (AvgIpc) is 2.27. The summed E-state index contributed by atoms with van der Waals surface area (Å²) in [5.74, 6) is -0.130. The first-order valence-corrected chi connectivity index (χ1v) is 6.20. The van der Waals surface area contributed by atoms with E-state index in [-0.39, 0.29) is 6.61 Å². The normalized spacial score (nSPS) is 10.0.